The van der Waals surface area contributed by atoms with Gasteiger partial charge in [-0.05, 0) is 68.1 Å². The van der Waals surface area contributed by atoms with Crippen LogP contribution in [0.15, 0.2) is 48.5 Å². The van der Waals surface area contributed by atoms with Crippen LogP contribution < -0.4 is 10.6 Å². The molecule has 0 spiro atoms. The van der Waals surface area contributed by atoms with E-state index >= 15 is 0 Å². The van der Waals surface area contributed by atoms with E-state index in [0.717, 1.165) is 37.2 Å². The Labute approximate surface area is 148 Å². The van der Waals surface area contributed by atoms with Crippen LogP contribution in [0.2, 0.25) is 0 Å². The van der Waals surface area contributed by atoms with Crippen molar-refractivity contribution in [3.05, 3.63) is 59.7 Å². The molecule has 3 amide bonds. The standard InChI is InChI=1S/C20H23N3O2/c1-15-6-5-7-18(14-15)22-20(25)21-17-10-8-16(9-11-17)19(24)23-12-3-2-4-13-23/h5-11,14H,2-4,12-13H2,1H3,(H2,21,22,25). The molecule has 2 N–H and O–H groups in total. The Morgan fingerprint density at radius 1 is 0.880 bits per heavy atom. The van der Waals surface area contributed by atoms with Gasteiger partial charge >= 0.3 is 6.03 Å². The van der Waals surface area contributed by atoms with Crippen molar-refractivity contribution in [1.29, 1.82) is 0 Å². The summed E-state index contributed by atoms with van der Waals surface area (Å²) >= 11 is 0. The molecular weight excluding hydrogens is 314 g/mol. The Morgan fingerprint density at radius 3 is 2.24 bits per heavy atom. The van der Waals surface area contributed by atoms with Gasteiger partial charge in [0.15, 0.2) is 0 Å². The zero-order valence-electron chi connectivity index (χ0n) is 14.4. The first-order valence-electron chi connectivity index (χ1n) is 8.66. The average Bonchev–Trinajstić information content (AvgIpc) is 2.62. The van der Waals surface area contributed by atoms with Crippen molar-refractivity contribution in [2.75, 3.05) is 23.7 Å². The molecule has 0 bridgehead atoms. The Kier molecular flexibility index (Phi) is 5.33. The minimum atomic E-state index is -0.305. The number of rotatable bonds is 3. The molecule has 1 fully saturated rings. The van der Waals surface area contributed by atoms with Gasteiger partial charge in [0.05, 0.1) is 0 Å². The van der Waals surface area contributed by atoms with E-state index in [2.05, 4.69) is 10.6 Å². The van der Waals surface area contributed by atoms with E-state index in [0.29, 0.717) is 11.3 Å². The second kappa shape index (κ2) is 7.83. The number of hydrogen-bond donors (Lipinski definition) is 2. The predicted octanol–water partition coefficient (Wildman–Crippen LogP) is 4.27. The lowest BCUT2D eigenvalue weighted by Crippen LogP contribution is -2.35. The van der Waals surface area contributed by atoms with Gasteiger partial charge in [-0.25, -0.2) is 4.79 Å². The molecule has 5 heteroatoms. The maximum absolute atomic E-state index is 12.4. The molecule has 0 atom stereocenters. The van der Waals surface area contributed by atoms with Gasteiger partial charge in [-0.2, -0.15) is 0 Å². The number of likely N-dealkylation sites (tertiary alicyclic amines) is 1. The fraction of sp³-hybridized carbons (Fsp3) is 0.300. The molecule has 0 unspecified atom stereocenters. The molecule has 3 rings (SSSR count). The van der Waals surface area contributed by atoms with Gasteiger partial charge in [0.1, 0.15) is 0 Å². The van der Waals surface area contributed by atoms with Crippen LogP contribution in [0.4, 0.5) is 16.2 Å². The van der Waals surface area contributed by atoms with Gasteiger partial charge in [0.25, 0.3) is 5.91 Å². The van der Waals surface area contributed by atoms with Crippen molar-refractivity contribution in [1.82, 2.24) is 4.90 Å². The van der Waals surface area contributed by atoms with E-state index in [1.54, 1.807) is 24.3 Å². The number of carbonyl (C=O) groups excluding carboxylic acids is 2. The molecule has 0 saturated carbocycles. The van der Waals surface area contributed by atoms with Crippen LogP contribution in [0.25, 0.3) is 0 Å². The summed E-state index contributed by atoms with van der Waals surface area (Å²) in [4.78, 5) is 26.4. The summed E-state index contributed by atoms with van der Waals surface area (Å²) in [6, 6.07) is 14.3. The highest BCUT2D eigenvalue weighted by atomic mass is 16.2. The number of hydrogen-bond acceptors (Lipinski definition) is 2. The Balaban J connectivity index is 1.58. The Hall–Kier alpha value is -2.82. The van der Waals surface area contributed by atoms with Crippen molar-refractivity contribution >= 4 is 23.3 Å². The number of carbonyl (C=O) groups is 2. The third-order valence-corrected chi connectivity index (χ3v) is 4.31. The maximum Gasteiger partial charge on any atom is 0.323 e. The maximum atomic E-state index is 12.4. The third kappa shape index (κ3) is 4.59. The average molecular weight is 337 g/mol. The Morgan fingerprint density at radius 2 is 1.56 bits per heavy atom. The van der Waals surface area contributed by atoms with Crippen LogP contribution in [0.3, 0.4) is 0 Å². The van der Waals surface area contributed by atoms with E-state index in [-0.39, 0.29) is 11.9 Å². The molecule has 1 aliphatic heterocycles. The minimum Gasteiger partial charge on any atom is -0.339 e. The first-order chi connectivity index (χ1) is 12.1. The number of nitrogens with one attached hydrogen (secondary N) is 2. The number of amides is 3. The Bertz CT molecular complexity index is 750. The number of piperidine rings is 1. The van der Waals surface area contributed by atoms with Crippen molar-refractivity contribution < 1.29 is 9.59 Å². The van der Waals surface area contributed by atoms with Gasteiger partial charge in [0, 0.05) is 30.0 Å². The zero-order chi connectivity index (χ0) is 17.6. The van der Waals surface area contributed by atoms with E-state index in [1.807, 2.05) is 36.1 Å². The van der Waals surface area contributed by atoms with E-state index in [1.165, 1.54) is 6.42 Å². The molecule has 1 aliphatic rings. The summed E-state index contributed by atoms with van der Waals surface area (Å²) in [5.41, 5.74) is 3.14. The summed E-state index contributed by atoms with van der Waals surface area (Å²) < 4.78 is 0. The van der Waals surface area contributed by atoms with Crippen LogP contribution in [-0.4, -0.2) is 29.9 Å². The highest BCUT2D eigenvalue weighted by molar-refractivity contribution is 6.00. The SMILES string of the molecule is Cc1cccc(NC(=O)Nc2ccc(C(=O)N3CCCCC3)cc2)c1. The lowest BCUT2D eigenvalue weighted by molar-refractivity contribution is 0.0724. The summed E-state index contributed by atoms with van der Waals surface area (Å²) in [6.07, 6.45) is 3.34. The van der Waals surface area contributed by atoms with Gasteiger partial charge in [-0.1, -0.05) is 12.1 Å². The first-order valence-corrected chi connectivity index (χ1v) is 8.66. The summed E-state index contributed by atoms with van der Waals surface area (Å²) in [7, 11) is 0. The predicted molar refractivity (Wildman–Crippen MR) is 100 cm³/mol. The van der Waals surface area contributed by atoms with Gasteiger partial charge < -0.3 is 15.5 Å². The number of nitrogens with zero attached hydrogens (tertiary/aromatic N) is 1. The monoisotopic (exact) mass is 337 g/mol. The molecule has 0 aromatic heterocycles. The molecule has 0 radical (unpaired) electrons. The molecular formula is C20H23N3O2. The summed E-state index contributed by atoms with van der Waals surface area (Å²) in [5.74, 6) is 0.0652. The summed E-state index contributed by atoms with van der Waals surface area (Å²) in [6.45, 7) is 3.64. The zero-order valence-corrected chi connectivity index (χ0v) is 14.4. The number of anilines is 2. The van der Waals surface area contributed by atoms with Crippen LogP contribution in [0.1, 0.15) is 35.2 Å². The van der Waals surface area contributed by atoms with Gasteiger partial charge in [0.2, 0.25) is 0 Å². The topological polar surface area (TPSA) is 61.4 Å². The van der Waals surface area contributed by atoms with Gasteiger partial charge in [-0.15, -0.1) is 0 Å². The van der Waals surface area contributed by atoms with E-state index in [9.17, 15) is 9.59 Å². The van der Waals surface area contributed by atoms with Crippen LogP contribution in [0, 0.1) is 6.92 Å². The van der Waals surface area contributed by atoms with Crippen LogP contribution in [0.5, 0.6) is 0 Å². The highest BCUT2D eigenvalue weighted by Gasteiger charge is 2.17. The van der Waals surface area contributed by atoms with Gasteiger partial charge in [-0.3, -0.25) is 4.79 Å². The number of urea groups is 1. The smallest absolute Gasteiger partial charge is 0.323 e. The molecule has 1 heterocycles. The second-order valence-corrected chi connectivity index (χ2v) is 6.38. The fourth-order valence-corrected chi connectivity index (χ4v) is 2.99. The quantitative estimate of drug-likeness (QED) is 0.879. The summed E-state index contributed by atoms with van der Waals surface area (Å²) in [5, 5.41) is 5.58. The van der Waals surface area contributed by atoms with Crippen LogP contribution in [-0.2, 0) is 0 Å². The van der Waals surface area contributed by atoms with Crippen molar-refractivity contribution in [3.8, 4) is 0 Å². The molecule has 25 heavy (non-hydrogen) atoms. The third-order valence-electron chi connectivity index (χ3n) is 4.31. The van der Waals surface area contributed by atoms with E-state index in [4.69, 9.17) is 0 Å². The molecule has 130 valence electrons. The molecule has 2 aromatic rings. The minimum absolute atomic E-state index is 0.0652. The molecule has 0 aliphatic carbocycles. The molecule has 1 saturated heterocycles. The van der Waals surface area contributed by atoms with E-state index < -0.39 is 0 Å². The fourth-order valence-electron chi connectivity index (χ4n) is 2.99. The normalized spacial score (nSPS) is 14.0. The van der Waals surface area contributed by atoms with Crippen LogP contribution >= 0.6 is 0 Å². The van der Waals surface area contributed by atoms with Crippen molar-refractivity contribution in [3.63, 3.8) is 0 Å². The largest absolute Gasteiger partial charge is 0.339 e. The second-order valence-electron chi connectivity index (χ2n) is 6.38. The highest BCUT2D eigenvalue weighted by Crippen LogP contribution is 2.16. The molecule has 2 aromatic carbocycles. The number of benzene rings is 2. The number of aryl methyl sites for hydroxylation is 1. The lowest BCUT2D eigenvalue weighted by atomic mass is 10.1. The van der Waals surface area contributed by atoms with Crippen molar-refractivity contribution in [2.24, 2.45) is 0 Å². The lowest BCUT2D eigenvalue weighted by Gasteiger charge is -2.26. The first kappa shape index (κ1) is 17.0. The molecule has 5 nitrogen and oxygen atoms in total. The van der Waals surface area contributed by atoms with Crippen molar-refractivity contribution in [2.45, 2.75) is 26.2 Å².